The fraction of sp³-hybridized carbons (Fsp3) is 0.143. The average molecular weight is 250 g/mol. The molecule has 1 aromatic rings. The van der Waals surface area contributed by atoms with Crippen molar-refractivity contribution in [1.29, 1.82) is 0 Å². The zero-order valence-electron chi connectivity index (χ0n) is 5.67. The summed E-state index contributed by atoms with van der Waals surface area (Å²) < 4.78 is 0. The van der Waals surface area contributed by atoms with Gasteiger partial charge in [-0.1, -0.05) is 18.2 Å². The van der Waals surface area contributed by atoms with E-state index in [2.05, 4.69) is 0 Å². The van der Waals surface area contributed by atoms with E-state index in [0.29, 0.717) is 0 Å². The van der Waals surface area contributed by atoms with E-state index in [0.717, 1.165) is 16.7 Å². The minimum Gasteiger partial charge on any atom is -1.00 e. The molecule has 0 saturated carbocycles. The van der Waals surface area contributed by atoms with Gasteiger partial charge in [-0.05, 0) is 13.0 Å². The third-order valence-electron chi connectivity index (χ3n) is 1.32. The molecule has 0 bridgehead atoms. The van der Waals surface area contributed by atoms with E-state index < -0.39 is 0 Å². The third kappa shape index (κ3) is 2.24. The van der Waals surface area contributed by atoms with Crippen molar-refractivity contribution in [2.45, 2.75) is 6.92 Å². The molecule has 0 aliphatic carbocycles. The van der Waals surface area contributed by atoms with Crippen LogP contribution in [0.5, 0.6) is 0 Å². The summed E-state index contributed by atoms with van der Waals surface area (Å²) in [6.07, 6.45) is 0. The maximum atomic E-state index is 10.2. The Labute approximate surface area is 77.2 Å². The molecule has 1 rings (SSSR count). The van der Waals surface area contributed by atoms with Crippen LogP contribution in [0.15, 0.2) is 24.3 Å². The van der Waals surface area contributed by atoms with Crippen molar-refractivity contribution < 1.29 is 29.5 Å². The van der Waals surface area contributed by atoms with Gasteiger partial charge in [0.25, 0.3) is 0 Å². The standard InChI is InChI=1S/C7H9NO.HI/c1-6-4-2-3-5-7(6)8-9;/h2-5H,8H2,1H3;1H/p-1. The highest BCUT2D eigenvalue weighted by Gasteiger charge is 1.91. The first-order valence-electron chi connectivity index (χ1n) is 2.85. The van der Waals surface area contributed by atoms with E-state index in [1.807, 2.05) is 31.2 Å². The summed E-state index contributed by atoms with van der Waals surface area (Å²) in [5, 5.41) is 10.2. The van der Waals surface area contributed by atoms with Crippen LogP contribution in [0.4, 0.5) is 5.69 Å². The number of nitrogens with two attached hydrogens (primary N) is 1. The highest BCUT2D eigenvalue weighted by atomic mass is 127. The van der Waals surface area contributed by atoms with Gasteiger partial charge in [0, 0.05) is 5.56 Å². The summed E-state index contributed by atoms with van der Waals surface area (Å²) in [7, 11) is 0. The van der Waals surface area contributed by atoms with Crippen LogP contribution >= 0.6 is 0 Å². The number of halogens is 1. The van der Waals surface area contributed by atoms with Crippen molar-refractivity contribution in [2.24, 2.45) is 0 Å². The molecule has 0 fully saturated rings. The van der Waals surface area contributed by atoms with Gasteiger partial charge in [0.2, 0.25) is 0 Å². The molecule has 0 aliphatic heterocycles. The molecule has 0 unspecified atom stereocenters. The first kappa shape index (κ1) is 9.87. The van der Waals surface area contributed by atoms with E-state index in [-0.39, 0.29) is 24.0 Å². The summed E-state index contributed by atoms with van der Waals surface area (Å²) in [5.74, 6) is 0. The van der Waals surface area contributed by atoms with Gasteiger partial charge in [-0.15, -0.1) is 0 Å². The molecule has 1 aromatic carbocycles. The Morgan fingerprint density at radius 1 is 1.30 bits per heavy atom. The van der Waals surface area contributed by atoms with Gasteiger partial charge in [-0.2, -0.15) is 0 Å². The molecule has 0 heterocycles. The quantitative estimate of drug-likeness (QED) is 0.339. The zero-order valence-corrected chi connectivity index (χ0v) is 7.83. The summed E-state index contributed by atoms with van der Waals surface area (Å²) in [4.78, 5) is 0. The molecule has 3 heteroatoms. The molecule has 0 atom stereocenters. The van der Waals surface area contributed by atoms with Crippen molar-refractivity contribution in [1.82, 2.24) is 0 Å². The smallest absolute Gasteiger partial charge is 0.132 e. The molecule has 0 saturated heterocycles. The Bertz CT molecular complexity index is 203. The Morgan fingerprint density at radius 3 is 2.30 bits per heavy atom. The van der Waals surface area contributed by atoms with Crippen LogP contribution in [0.3, 0.4) is 0 Å². The van der Waals surface area contributed by atoms with Crippen LogP contribution in [0, 0.1) is 12.1 Å². The lowest BCUT2D eigenvalue weighted by atomic mass is 10.2. The number of rotatable bonds is 1. The number of hydrogen-bond donors (Lipinski definition) is 1. The van der Waals surface area contributed by atoms with Gasteiger partial charge in [-0.25, -0.2) is 0 Å². The SMILES string of the molecule is Cc1ccccc1[NH2+][O-].[I-]. The maximum Gasteiger partial charge on any atom is 0.132 e. The van der Waals surface area contributed by atoms with E-state index in [1.54, 1.807) is 0 Å². The van der Waals surface area contributed by atoms with Crippen molar-refractivity contribution in [3.05, 3.63) is 35.0 Å². The highest BCUT2D eigenvalue weighted by molar-refractivity contribution is 5.37. The fourth-order valence-electron chi connectivity index (χ4n) is 0.719. The normalized spacial score (nSPS) is 8.60. The van der Waals surface area contributed by atoms with Crippen molar-refractivity contribution in [2.75, 3.05) is 0 Å². The van der Waals surface area contributed by atoms with Crippen molar-refractivity contribution in [3.8, 4) is 0 Å². The van der Waals surface area contributed by atoms with Crippen LogP contribution in [0.1, 0.15) is 5.56 Å². The first-order valence-corrected chi connectivity index (χ1v) is 2.85. The number of benzene rings is 1. The van der Waals surface area contributed by atoms with Gasteiger partial charge in [0.05, 0.1) is 0 Å². The molecular weight excluding hydrogens is 241 g/mol. The molecule has 0 aromatic heterocycles. The minimum atomic E-state index is 0. The van der Waals surface area contributed by atoms with E-state index in [9.17, 15) is 5.21 Å². The highest BCUT2D eigenvalue weighted by Crippen LogP contribution is 2.05. The number of aryl methyl sites for hydroxylation is 1. The van der Waals surface area contributed by atoms with Crippen LogP contribution in [-0.4, -0.2) is 0 Å². The Hall–Kier alpha value is -0.130. The topological polar surface area (TPSA) is 39.7 Å². The second-order valence-electron chi connectivity index (χ2n) is 1.97. The number of hydrogen-bond acceptors (Lipinski definition) is 1. The Morgan fingerprint density at radius 2 is 1.90 bits per heavy atom. The molecular formula is C7H9INO-. The van der Waals surface area contributed by atoms with Gasteiger partial charge >= 0.3 is 0 Å². The Balaban J connectivity index is 0.000000810. The van der Waals surface area contributed by atoms with Gasteiger partial charge in [0.1, 0.15) is 5.69 Å². The summed E-state index contributed by atoms with van der Waals surface area (Å²) in [6, 6.07) is 7.51. The summed E-state index contributed by atoms with van der Waals surface area (Å²) in [5.41, 5.74) is 2.68. The predicted octanol–water partition coefficient (Wildman–Crippen LogP) is -2.31. The molecule has 56 valence electrons. The van der Waals surface area contributed by atoms with E-state index >= 15 is 0 Å². The molecule has 10 heavy (non-hydrogen) atoms. The van der Waals surface area contributed by atoms with Gasteiger partial charge in [0.15, 0.2) is 0 Å². The largest absolute Gasteiger partial charge is 1.00 e. The molecule has 0 radical (unpaired) electrons. The molecule has 2 N–H and O–H groups in total. The second-order valence-corrected chi connectivity index (χ2v) is 1.97. The fourth-order valence-corrected chi connectivity index (χ4v) is 0.719. The van der Waals surface area contributed by atoms with Crippen molar-refractivity contribution >= 4 is 5.69 Å². The molecule has 0 aliphatic rings. The maximum absolute atomic E-state index is 10.2. The predicted molar refractivity (Wildman–Crippen MR) is 36.1 cm³/mol. The molecule has 0 amide bonds. The van der Waals surface area contributed by atoms with Gasteiger partial charge in [-0.3, -0.25) is 0 Å². The lowest BCUT2D eigenvalue weighted by Gasteiger charge is -2.02. The first-order chi connectivity index (χ1) is 4.34. The van der Waals surface area contributed by atoms with Crippen LogP contribution in [0.2, 0.25) is 0 Å². The van der Waals surface area contributed by atoms with Crippen molar-refractivity contribution in [3.63, 3.8) is 0 Å². The Kier molecular flexibility index (Phi) is 4.59. The average Bonchev–Trinajstić information content (AvgIpc) is 1.89. The summed E-state index contributed by atoms with van der Waals surface area (Å²) in [6.45, 7) is 1.92. The third-order valence-corrected chi connectivity index (χ3v) is 1.32. The monoisotopic (exact) mass is 250 g/mol. The lowest BCUT2D eigenvalue weighted by Crippen LogP contribution is -3.00. The minimum absolute atomic E-state index is 0. The second kappa shape index (κ2) is 4.65. The summed E-state index contributed by atoms with van der Waals surface area (Å²) >= 11 is 0. The number of quaternary nitrogens is 1. The van der Waals surface area contributed by atoms with Gasteiger partial charge < -0.3 is 34.7 Å². The van der Waals surface area contributed by atoms with E-state index in [1.165, 1.54) is 0 Å². The lowest BCUT2D eigenvalue weighted by molar-refractivity contribution is -0.497. The van der Waals surface area contributed by atoms with E-state index in [4.69, 9.17) is 0 Å². The van der Waals surface area contributed by atoms with Crippen LogP contribution in [-0.2, 0) is 0 Å². The zero-order chi connectivity index (χ0) is 6.69. The molecule has 2 nitrogen and oxygen atoms in total. The molecule has 0 spiro atoms. The van der Waals surface area contributed by atoms with Crippen LogP contribution in [0.25, 0.3) is 0 Å². The van der Waals surface area contributed by atoms with Crippen LogP contribution < -0.4 is 29.5 Å².